The molecule has 2 heterocycles. The number of hydrogen-bond donors (Lipinski definition) is 1. The lowest BCUT2D eigenvalue weighted by atomic mass is 10.2. The third-order valence-corrected chi connectivity index (χ3v) is 3.16. The van der Waals surface area contributed by atoms with Gasteiger partial charge in [-0.25, -0.2) is 4.98 Å². The second-order valence-electron chi connectivity index (χ2n) is 3.50. The molecule has 0 atom stereocenters. The van der Waals surface area contributed by atoms with Gasteiger partial charge in [0.05, 0.1) is 5.56 Å². The van der Waals surface area contributed by atoms with Crippen LogP contribution in [0, 0.1) is 13.8 Å². The number of nitrogens with zero attached hydrogens (tertiary/aromatic N) is 1. The number of aryl methyl sites for hydroxylation is 2. The number of anilines is 1. The molecule has 2 aromatic heterocycles. The molecule has 82 valence electrons. The highest BCUT2D eigenvalue weighted by atomic mass is 32.1. The van der Waals surface area contributed by atoms with Gasteiger partial charge in [-0.3, -0.25) is 4.79 Å². The molecule has 0 saturated carbocycles. The monoisotopic (exact) mass is 232 g/mol. The molecule has 0 spiro atoms. The molecule has 0 aromatic carbocycles. The maximum absolute atomic E-state index is 11.9. The van der Waals surface area contributed by atoms with Gasteiger partial charge in [0, 0.05) is 16.0 Å². The fourth-order valence-corrected chi connectivity index (χ4v) is 2.40. The van der Waals surface area contributed by atoms with E-state index >= 15 is 0 Å². The quantitative estimate of drug-likeness (QED) is 0.864. The summed E-state index contributed by atoms with van der Waals surface area (Å²) >= 11 is 1.63. The van der Waals surface area contributed by atoms with Crippen LogP contribution < -0.4 is 5.32 Å². The highest BCUT2D eigenvalue weighted by Crippen LogP contribution is 2.21. The molecule has 0 saturated heterocycles. The van der Waals surface area contributed by atoms with Crippen molar-refractivity contribution in [1.29, 1.82) is 0 Å². The summed E-state index contributed by atoms with van der Waals surface area (Å²) in [5.41, 5.74) is 0.730. The summed E-state index contributed by atoms with van der Waals surface area (Å²) in [4.78, 5) is 18.1. The van der Waals surface area contributed by atoms with Crippen LogP contribution in [0.4, 0.5) is 5.82 Å². The normalized spacial score (nSPS) is 10.1. The molecule has 0 radical (unpaired) electrons. The lowest BCUT2D eigenvalue weighted by Crippen LogP contribution is -2.12. The fraction of sp³-hybridized carbons (Fsp3) is 0.167. The zero-order valence-corrected chi connectivity index (χ0v) is 9.97. The number of rotatable bonds is 2. The van der Waals surface area contributed by atoms with Gasteiger partial charge in [0.25, 0.3) is 5.91 Å². The van der Waals surface area contributed by atoms with E-state index in [1.165, 1.54) is 0 Å². The Balaban J connectivity index is 2.18. The standard InChI is InChI=1S/C12H12N2OS/c1-8-7-10(9(2)16-8)12(15)14-11-5-3-4-6-13-11/h3-7H,1-2H3,(H,13,14,15). The van der Waals surface area contributed by atoms with Crippen molar-refractivity contribution >= 4 is 23.1 Å². The number of carbonyl (C=O) groups excluding carboxylic acids is 1. The Morgan fingerprint density at radius 2 is 2.19 bits per heavy atom. The highest BCUT2D eigenvalue weighted by molar-refractivity contribution is 7.12. The van der Waals surface area contributed by atoms with E-state index in [1.54, 1.807) is 23.6 Å². The first-order valence-electron chi connectivity index (χ1n) is 4.96. The molecule has 0 unspecified atom stereocenters. The van der Waals surface area contributed by atoms with Gasteiger partial charge in [-0.05, 0) is 32.0 Å². The van der Waals surface area contributed by atoms with Gasteiger partial charge < -0.3 is 5.32 Å². The van der Waals surface area contributed by atoms with Crippen LogP contribution in [0.25, 0.3) is 0 Å². The Bertz CT molecular complexity index is 505. The molecule has 0 bridgehead atoms. The van der Waals surface area contributed by atoms with Gasteiger partial charge in [-0.1, -0.05) is 6.07 Å². The smallest absolute Gasteiger partial charge is 0.257 e. The van der Waals surface area contributed by atoms with E-state index in [2.05, 4.69) is 10.3 Å². The molecule has 1 amide bonds. The summed E-state index contributed by atoms with van der Waals surface area (Å²) in [5.74, 6) is 0.483. The minimum Gasteiger partial charge on any atom is -0.307 e. The summed E-state index contributed by atoms with van der Waals surface area (Å²) in [5, 5.41) is 2.77. The number of nitrogens with one attached hydrogen (secondary N) is 1. The van der Waals surface area contributed by atoms with Gasteiger partial charge in [0.1, 0.15) is 5.82 Å². The molecule has 1 N–H and O–H groups in total. The SMILES string of the molecule is Cc1cc(C(=O)Nc2ccccn2)c(C)s1. The zero-order chi connectivity index (χ0) is 11.5. The zero-order valence-electron chi connectivity index (χ0n) is 9.15. The third kappa shape index (κ3) is 2.28. The molecular weight excluding hydrogens is 220 g/mol. The minimum absolute atomic E-state index is 0.0967. The second kappa shape index (κ2) is 4.45. The Hall–Kier alpha value is -1.68. The van der Waals surface area contributed by atoms with Gasteiger partial charge in [0.2, 0.25) is 0 Å². The van der Waals surface area contributed by atoms with Crippen molar-refractivity contribution in [2.75, 3.05) is 5.32 Å². The van der Waals surface area contributed by atoms with E-state index in [0.29, 0.717) is 5.82 Å². The van der Waals surface area contributed by atoms with Crippen LogP contribution in [0.5, 0.6) is 0 Å². The first-order chi connectivity index (χ1) is 7.66. The molecule has 0 aliphatic carbocycles. The number of carbonyl (C=O) groups is 1. The first kappa shape index (κ1) is 10.8. The second-order valence-corrected chi connectivity index (χ2v) is 4.96. The summed E-state index contributed by atoms with van der Waals surface area (Å²) < 4.78 is 0. The van der Waals surface area contributed by atoms with Crippen molar-refractivity contribution in [3.63, 3.8) is 0 Å². The fourth-order valence-electron chi connectivity index (χ4n) is 1.48. The first-order valence-corrected chi connectivity index (χ1v) is 5.78. The van der Waals surface area contributed by atoms with Crippen molar-refractivity contribution in [1.82, 2.24) is 4.98 Å². The van der Waals surface area contributed by atoms with Crippen LogP contribution in [0.2, 0.25) is 0 Å². The maximum Gasteiger partial charge on any atom is 0.257 e. The van der Waals surface area contributed by atoms with Crippen LogP contribution in [-0.4, -0.2) is 10.9 Å². The number of thiophene rings is 1. The van der Waals surface area contributed by atoms with E-state index in [-0.39, 0.29) is 5.91 Å². The van der Waals surface area contributed by atoms with E-state index in [1.807, 2.05) is 32.0 Å². The highest BCUT2D eigenvalue weighted by Gasteiger charge is 2.11. The topological polar surface area (TPSA) is 42.0 Å². The molecule has 2 rings (SSSR count). The molecule has 16 heavy (non-hydrogen) atoms. The van der Waals surface area contributed by atoms with Gasteiger partial charge >= 0.3 is 0 Å². The average molecular weight is 232 g/mol. The summed E-state index contributed by atoms with van der Waals surface area (Å²) in [6, 6.07) is 7.33. The van der Waals surface area contributed by atoms with E-state index in [4.69, 9.17) is 0 Å². The van der Waals surface area contributed by atoms with Crippen LogP contribution >= 0.6 is 11.3 Å². The van der Waals surface area contributed by atoms with Crippen molar-refractivity contribution in [3.05, 3.63) is 45.8 Å². The predicted octanol–water partition coefficient (Wildman–Crippen LogP) is 3.01. The number of aromatic nitrogens is 1. The third-order valence-electron chi connectivity index (χ3n) is 2.19. The van der Waals surface area contributed by atoms with Gasteiger partial charge in [0.15, 0.2) is 0 Å². The largest absolute Gasteiger partial charge is 0.307 e. The van der Waals surface area contributed by atoms with E-state index in [0.717, 1.165) is 15.3 Å². The van der Waals surface area contributed by atoms with Gasteiger partial charge in [-0.15, -0.1) is 11.3 Å². The van der Waals surface area contributed by atoms with Gasteiger partial charge in [-0.2, -0.15) is 0 Å². The van der Waals surface area contributed by atoms with Crippen LogP contribution in [0.1, 0.15) is 20.1 Å². The number of pyridine rings is 1. The molecule has 0 aliphatic heterocycles. The molecule has 0 aliphatic rings. The van der Waals surface area contributed by atoms with Crippen molar-refractivity contribution in [2.24, 2.45) is 0 Å². The lowest BCUT2D eigenvalue weighted by Gasteiger charge is -2.02. The van der Waals surface area contributed by atoms with Crippen LogP contribution in [-0.2, 0) is 0 Å². The van der Waals surface area contributed by atoms with E-state index < -0.39 is 0 Å². The number of hydrogen-bond acceptors (Lipinski definition) is 3. The molecular formula is C12H12N2OS. The average Bonchev–Trinajstić information content (AvgIpc) is 2.59. The van der Waals surface area contributed by atoms with Crippen LogP contribution in [0.15, 0.2) is 30.5 Å². The predicted molar refractivity (Wildman–Crippen MR) is 66.0 cm³/mol. The molecule has 2 aromatic rings. The molecule has 4 heteroatoms. The Morgan fingerprint density at radius 1 is 1.38 bits per heavy atom. The maximum atomic E-state index is 11.9. The van der Waals surface area contributed by atoms with Crippen molar-refractivity contribution < 1.29 is 4.79 Å². The van der Waals surface area contributed by atoms with Crippen molar-refractivity contribution in [3.8, 4) is 0 Å². The molecule has 0 fully saturated rings. The summed E-state index contributed by atoms with van der Waals surface area (Å²) in [6.45, 7) is 3.94. The van der Waals surface area contributed by atoms with E-state index in [9.17, 15) is 4.79 Å². The Morgan fingerprint density at radius 3 is 2.75 bits per heavy atom. The van der Waals surface area contributed by atoms with Crippen LogP contribution in [0.3, 0.4) is 0 Å². The Kier molecular flexibility index (Phi) is 3.01. The van der Waals surface area contributed by atoms with Crippen molar-refractivity contribution in [2.45, 2.75) is 13.8 Å². The summed E-state index contributed by atoms with van der Waals surface area (Å²) in [6.07, 6.45) is 1.65. The molecule has 3 nitrogen and oxygen atoms in total. The summed E-state index contributed by atoms with van der Waals surface area (Å²) in [7, 11) is 0. The lowest BCUT2D eigenvalue weighted by molar-refractivity contribution is 0.102. The minimum atomic E-state index is -0.0967. The Labute approximate surface area is 98.2 Å². The number of amides is 1.